The van der Waals surface area contributed by atoms with E-state index in [-0.39, 0.29) is 0 Å². The van der Waals surface area contributed by atoms with Crippen molar-refractivity contribution in [3.8, 4) is 0 Å². The van der Waals surface area contributed by atoms with Crippen LogP contribution in [0.25, 0.3) is 0 Å². The Balaban J connectivity index is 1.73. The van der Waals surface area contributed by atoms with Crippen LogP contribution in [0.15, 0.2) is 43.0 Å². The molecule has 1 aromatic carbocycles. The Morgan fingerprint density at radius 2 is 2.00 bits per heavy atom. The predicted molar refractivity (Wildman–Crippen MR) is 74.7 cm³/mol. The average molecular weight is 244 g/mol. The van der Waals surface area contributed by atoms with Crippen LogP contribution in [0.3, 0.4) is 0 Å². The van der Waals surface area contributed by atoms with E-state index in [4.69, 9.17) is 0 Å². The average Bonchev–Trinajstić information content (AvgIpc) is 2.88. The fourth-order valence-corrected chi connectivity index (χ4v) is 1.77. The first-order chi connectivity index (χ1) is 8.75. The minimum Gasteiger partial charge on any atom is -0.378 e. The third-order valence-corrected chi connectivity index (χ3v) is 2.89. The topological polar surface area (TPSA) is 33.1 Å². The maximum atomic E-state index is 4.02. The number of nitrogens with zero attached hydrogens (tertiary/aromatic N) is 3. The van der Waals surface area contributed by atoms with Crippen LogP contribution >= 0.6 is 0 Å². The largest absolute Gasteiger partial charge is 0.378 e. The number of hydrogen-bond donors (Lipinski definition) is 1. The summed E-state index contributed by atoms with van der Waals surface area (Å²) in [7, 11) is 4.11. The van der Waals surface area contributed by atoms with Gasteiger partial charge in [0.2, 0.25) is 0 Å². The highest BCUT2D eigenvalue weighted by Crippen LogP contribution is 2.11. The summed E-state index contributed by atoms with van der Waals surface area (Å²) in [5, 5.41) is 3.43. The Kier molecular flexibility index (Phi) is 4.36. The Hall–Kier alpha value is -1.81. The van der Waals surface area contributed by atoms with Crippen molar-refractivity contribution < 1.29 is 0 Å². The molecule has 0 unspecified atom stereocenters. The van der Waals surface area contributed by atoms with Crippen LogP contribution in [-0.4, -0.2) is 30.2 Å². The van der Waals surface area contributed by atoms with Crippen LogP contribution in [0.1, 0.15) is 5.56 Å². The number of hydrogen-bond acceptors (Lipinski definition) is 3. The third-order valence-electron chi connectivity index (χ3n) is 2.89. The zero-order chi connectivity index (χ0) is 12.8. The SMILES string of the molecule is CN(C)c1ccc(CNCCn2ccnc2)cc1. The molecule has 0 aliphatic carbocycles. The Bertz CT molecular complexity index is 445. The molecular formula is C14H20N4. The zero-order valence-electron chi connectivity index (χ0n) is 11.0. The highest BCUT2D eigenvalue weighted by atomic mass is 15.1. The third kappa shape index (κ3) is 3.60. The molecule has 4 nitrogen and oxygen atoms in total. The molecule has 0 atom stereocenters. The highest BCUT2D eigenvalue weighted by molar-refractivity contribution is 5.45. The smallest absolute Gasteiger partial charge is 0.0946 e. The summed E-state index contributed by atoms with van der Waals surface area (Å²) in [6, 6.07) is 8.62. The summed E-state index contributed by atoms with van der Waals surface area (Å²) in [4.78, 5) is 6.12. The molecule has 4 heteroatoms. The van der Waals surface area contributed by atoms with Gasteiger partial charge in [0.15, 0.2) is 0 Å². The monoisotopic (exact) mass is 244 g/mol. The van der Waals surface area contributed by atoms with Crippen molar-refractivity contribution in [1.29, 1.82) is 0 Å². The van der Waals surface area contributed by atoms with E-state index in [9.17, 15) is 0 Å². The number of aromatic nitrogens is 2. The molecule has 0 aliphatic heterocycles. The minimum atomic E-state index is 0.905. The van der Waals surface area contributed by atoms with Gasteiger partial charge in [-0.2, -0.15) is 0 Å². The molecule has 18 heavy (non-hydrogen) atoms. The van der Waals surface area contributed by atoms with Crippen molar-refractivity contribution in [1.82, 2.24) is 14.9 Å². The second kappa shape index (κ2) is 6.21. The van der Waals surface area contributed by atoms with Crippen LogP contribution in [-0.2, 0) is 13.1 Å². The summed E-state index contributed by atoms with van der Waals surface area (Å²) >= 11 is 0. The van der Waals surface area contributed by atoms with Crippen molar-refractivity contribution in [3.05, 3.63) is 48.5 Å². The van der Waals surface area contributed by atoms with Gasteiger partial charge in [0.25, 0.3) is 0 Å². The lowest BCUT2D eigenvalue weighted by molar-refractivity contribution is 0.597. The van der Waals surface area contributed by atoms with Crippen molar-refractivity contribution in [2.24, 2.45) is 0 Å². The molecule has 2 aromatic rings. The van der Waals surface area contributed by atoms with Crippen LogP contribution in [0, 0.1) is 0 Å². The van der Waals surface area contributed by atoms with Crippen molar-refractivity contribution in [2.45, 2.75) is 13.1 Å². The normalized spacial score (nSPS) is 10.6. The summed E-state index contributed by atoms with van der Waals surface area (Å²) in [5.41, 5.74) is 2.54. The van der Waals surface area contributed by atoms with Crippen LogP contribution in [0.4, 0.5) is 5.69 Å². The maximum absolute atomic E-state index is 4.02. The molecule has 0 aliphatic rings. The van der Waals surface area contributed by atoms with Crippen LogP contribution in [0.5, 0.6) is 0 Å². The minimum absolute atomic E-state index is 0.905. The fraction of sp³-hybridized carbons (Fsp3) is 0.357. The zero-order valence-corrected chi connectivity index (χ0v) is 11.0. The number of benzene rings is 1. The summed E-state index contributed by atoms with van der Waals surface area (Å²) in [6.45, 7) is 2.81. The second-order valence-electron chi connectivity index (χ2n) is 4.54. The molecule has 1 aromatic heterocycles. The molecule has 0 bridgehead atoms. The summed E-state index contributed by atoms with van der Waals surface area (Å²) < 4.78 is 2.07. The van der Waals surface area contributed by atoms with E-state index in [0.717, 1.165) is 19.6 Å². The summed E-state index contributed by atoms with van der Waals surface area (Å²) in [5.74, 6) is 0. The lowest BCUT2D eigenvalue weighted by atomic mass is 10.2. The van der Waals surface area contributed by atoms with E-state index in [1.54, 1.807) is 6.20 Å². The number of rotatable bonds is 6. The van der Waals surface area contributed by atoms with E-state index in [0.29, 0.717) is 0 Å². The second-order valence-corrected chi connectivity index (χ2v) is 4.54. The van der Waals surface area contributed by atoms with Gasteiger partial charge in [-0.3, -0.25) is 0 Å². The van der Waals surface area contributed by atoms with Gasteiger partial charge in [0.05, 0.1) is 6.33 Å². The van der Waals surface area contributed by atoms with Crippen molar-refractivity contribution >= 4 is 5.69 Å². The van der Waals surface area contributed by atoms with E-state index < -0.39 is 0 Å². The molecule has 0 amide bonds. The van der Waals surface area contributed by atoms with Gasteiger partial charge in [-0.1, -0.05) is 12.1 Å². The van der Waals surface area contributed by atoms with Gasteiger partial charge in [0, 0.05) is 51.8 Å². The molecule has 2 rings (SSSR count). The molecule has 0 saturated carbocycles. The van der Waals surface area contributed by atoms with Crippen molar-refractivity contribution in [2.75, 3.05) is 25.5 Å². The maximum Gasteiger partial charge on any atom is 0.0946 e. The first-order valence-corrected chi connectivity index (χ1v) is 6.18. The van der Waals surface area contributed by atoms with Gasteiger partial charge in [-0.25, -0.2) is 4.98 Å². The summed E-state index contributed by atoms with van der Waals surface area (Å²) in [6.07, 6.45) is 5.63. The highest BCUT2D eigenvalue weighted by Gasteiger charge is 1.96. The van der Waals surface area contributed by atoms with Gasteiger partial charge in [-0.15, -0.1) is 0 Å². The van der Waals surface area contributed by atoms with E-state index in [1.165, 1.54) is 11.3 Å². The number of imidazole rings is 1. The van der Waals surface area contributed by atoms with Crippen LogP contribution < -0.4 is 10.2 Å². The van der Waals surface area contributed by atoms with Gasteiger partial charge >= 0.3 is 0 Å². The molecule has 96 valence electrons. The molecule has 0 radical (unpaired) electrons. The predicted octanol–water partition coefficient (Wildman–Crippen LogP) is 1.74. The Labute approximate surface area is 108 Å². The Morgan fingerprint density at radius 3 is 2.61 bits per heavy atom. The first kappa shape index (κ1) is 12.6. The molecule has 0 saturated heterocycles. The number of anilines is 1. The molecule has 1 heterocycles. The fourth-order valence-electron chi connectivity index (χ4n) is 1.77. The van der Waals surface area contributed by atoms with E-state index >= 15 is 0 Å². The van der Waals surface area contributed by atoms with E-state index in [2.05, 4.69) is 58.1 Å². The quantitative estimate of drug-likeness (QED) is 0.786. The Morgan fingerprint density at radius 1 is 1.22 bits per heavy atom. The molecular weight excluding hydrogens is 224 g/mol. The molecule has 0 spiro atoms. The molecule has 0 fully saturated rings. The number of nitrogens with one attached hydrogen (secondary N) is 1. The van der Waals surface area contributed by atoms with Gasteiger partial charge in [0.1, 0.15) is 0 Å². The van der Waals surface area contributed by atoms with Gasteiger partial charge < -0.3 is 14.8 Å². The van der Waals surface area contributed by atoms with Crippen molar-refractivity contribution in [3.63, 3.8) is 0 Å². The van der Waals surface area contributed by atoms with Crippen LogP contribution in [0.2, 0.25) is 0 Å². The standard InChI is InChI=1S/C14H20N4/c1-17(2)14-5-3-13(4-6-14)11-15-7-9-18-10-8-16-12-18/h3-6,8,10,12,15H,7,9,11H2,1-2H3. The lowest BCUT2D eigenvalue weighted by Crippen LogP contribution is -2.19. The van der Waals surface area contributed by atoms with Gasteiger partial charge in [-0.05, 0) is 17.7 Å². The lowest BCUT2D eigenvalue weighted by Gasteiger charge is -2.13. The molecule has 1 N–H and O–H groups in total. The van der Waals surface area contributed by atoms with E-state index in [1.807, 2.05) is 12.5 Å². The first-order valence-electron chi connectivity index (χ1n) is 6.18.